The molecule has 1 fully saturated rings. The summed E-state index contributed by atoms with van der Waals surface area (Å²) in [5.41, 5.74) is 0.916. The Bertz CT molecular complexity index is 427. The zero-order chi connectivity index (χ0) is 14.4. The van der Waals surface area contributed by atoms with Crippen molar-refractivity contribution in [2.45, 2.75) is 50.5 Å². The minimum atomic E-state index is -0.684. The molecule has 1 aliphatic rings. The van der Waals surface area contributed by atoms with Gasteiger partial charge in [-0.3, -0.25) is 14.7 Å². The van der Waals surface area contributed by atoms with Crippen molar-refractivity contribution < 1.29 is 9.90 Å². The molecule has 1 aromatic rings. The number of hydrogen-bond donors (Lipinski definition) is 1. The third-order valence-electron chi connectivity index (χ3n) is 4.50. The van der Waals surface area contributed by atoms with Gasteiger partial charge in [0, 0.05) is 30.4 Å². The molecule has 0 unspecified atom stereocenters. The van der Waals surface area contributed by atoms with Gasteiger partial charge in [-0.2, -0.15) is 0 Å². The van der Waals surface area contributed by atoms with Gasteiger partial charge in [0.25, 0.3) is 0 Å². The molecule has 110 valence electrons. The summed E-state index contributed by atoms with van der Waals surface area (Å²) in [7, 11) is 2.07. The highest BCUT2D eigenvalue weighted by molar-refractivity contribution is 5.68. The summed E-state index contributed by atoms with van der Waals surface area (Å²) in [5.74, 6) is -0.684. The van der Waals surface area contributed by atoms with Crippen molar-refractivity contribution in [1.29, 1.82) is 0 Å². The molecule has 1 aliphatic carbocycles. The summed E-state index contributed by atoms with van der Waals surface area (Å²) >= 11 is 0. The molecule has 1 N–H and O–H groups in total. The van der Waals surface area contributed by atoms with Crippen LogP contribution in [0.2, 0.25) is 0 Å². The van der Waals surface area contributed by atoms with E-state index in [2.05, 4.69) is 16.9 Å². The van der Waals surface area contributed by atoms with E-state index in [0.717, 1.165) is 44.3 Å². The van der Waals surface area contributed by atoms with E-state index in [1.54, 1.807) is 0 Å². The van der Waals surface area contributed by atoms with Crippen LogP contribution in [-0.2, 0) is 11.2 Å². The molecule has 0 bridgehead atoms. The summed E-state index contributed by atoms with van der Waals surface area (Å²) in [4.78, 5) is 17.8. The van der Waals surface area contributed by atoms with Gasteiger partial charge < -0.3 is 5.11 Å². The Balaban J connectivity index is 1.99. The molecule has 4 heteroatoms. The quantitative estimate of drug-likeness (QED) is 0.868. The molecule has 0 radical (unpaired) electrons. The van der Waals surface area contributed by atoms with Gasteiger partial charge in [0.1, 0.15) is 0 Å². The van der Waals surface area contributed by atoms with Crippen LogP contribution in [-0.4, -0.2) is 40.1 Å². The molecule has 0 aromatic carbocycles. The smallest absolute Gasteiger partial charge is 0.305 e. The lowest BCUT2D eigenvalue weighted by molar-refractivity contribution is -0.141. The average molecular weight is 276 g/mol. The lowest BCUT2D eigenvalue weighted by Gasteiger charge is -2.44. The van der Waals surface area contributed by atoms with E-state index < -0.39 is 5.97 Å². The Hall–Kier alpha value is -1.42. The second-order valence-corrected chi connectivity index (χ2v) is 5.85. The van der Waals surface area contributed by atoms with Crippen LogP contribution in [0.25, 0.3) is 0 Å². The van der Waals surface area contributed by atoms with E-state index in [9.17, 15) is 9.90 Å². The van der Waals surface area contributed by atoms with Gasteiger partial charge in [-0.25, -0.2) is 0 Å². The van der Waals surface area contributed by atoms with Crippen LogP contribution in [0.3, 0.4) is 0 Å². The highest BCUT2D eigenvalue weighted by atomic mass is 16.4. The second kappa shape index (κ2) is 6.84. The SMILES string of the molecule is CN(CCc1ccccn1)C1(CC(=O)O)CCCCC1. The number of carboxylic acid groups (broad SMARTS) is 1. The summed E-state index contributed by atoms with van der Waals surface area (Å²) in [6.45, 7) is 0.865. The standard InChI is InChI=1S/C16H24N2O2/c1-18(12-8-14-7-3-6-11-17-14)16(13-15(19)20)9-4-2-5-10-16/h3,6-7,11H,2,4-5,8-10,12-13H2,1H3,(H,19,20). The molecule has 1 aromatic heterocycles. The molecule has 1 heterocycles. The van der Waals surface area contributed by atoms with Crippen LogP contribution >= 0.6 is 0 Å². The Morgan fingerprint density at radius 3 is 2.70 bits per heavy atom. The molecule has 0 amide bonds. The maximum Gasteiger partial charge on any atom is 0.305 e. The summed E-state index contributed by atoms with van der Waals surface area (Å²) in [6.07, 6.45) is 8.45. The molecule has 0 saturated heterocycles. The molecule has 2 rings (SSSR count). The van der Waals surface area contributed by atoms with E-state index in [0.29, 0.717) is 0 Å². The van der Waals surface area contributed by atoms with Crippen LogP contribution in [0.1, 0.15) is 44.2 Å². The van der Waals surface area contributed by atoms with Crippen molar-refractivity contribution in [2.24, 2.45) is 0 Å². The molecule has 4 nitrogen and oxygen atoms in total. The van der Waals surface area contributed by atoms with Gasteiger partial charge in [-0.15, -0.1) is 0 Å². The molecule has 0 aliphatic heterocycles. The second-order valence-electron chi connectivity index (χ2n) is 5.85. The zero-order valence-corrected chi connectivity index (χ0v) is 12.2. The summed E-state index contributed by atoms with van der Waals surface area (Å²) in [5, 5.41) is 9.23. The Labute approximate surface area is 120 Å². The first-order valence-corrected chi connectivity index (χ1v) is 7.45. The van der Waals surface area contributed by atoms with Gasteiger partial charge in [0.05, 0.1) is 6.42 Å². The van der Waals surface area contributed by atoms with Gasteiger partial charge in [-0.1, -0.05) is 25.3 Å². The highest BCUT2D eigenvalue weighted by Crippen LogP contribution is 2.35. The van der Waals surface area contributed by atoms with E-state index >= 15 is 0 Å². The molecular weight excluding hydrogens is 252 g/mol. The largest absolute Gasteiger partial charge is 0.481 e. The lowest BCUT2D eigenvalue weighted by atomic mass is 9.78. The molecule has 0 spiro atoms. The fraction of sp³-hybridized carbons (Fsp3) is 0.625. The molecule has 20 heavy (non-hydrogen) atoms. The van der Waals surface area contributed by atoms with Crippen molar-refractivity contribution in [2.75, 3.05) is 13.6 Å². The maximum atomic E-state index is 11.2. The minimum Gasteiger partial charge on any atom is -0.481 e. The number of rotatable bonds is 6. The normalized spacial score (nSPS) is 18.1. The van der Waals surface area contributed by atoms with Crippen molar-refractivity contribution in [1.82, 2.24) is 9.88 Å². The topological polar surface area (TPSA) is 53.4 Å². The van der Waals surface area contributed by atoms with Crippen molar-refractivity contribution in [3.05, 3.63) is 30.1 Å². The summed E-state index contributed by atoms with van der Waals surface area (Å²) < 4.78 is 0. The zero-order valence-electron chi connectivity index (χ0n) is 12.2. The highest BCUT2D eigenvalue weighted by Gasteiger charge is 2.37. The van der Waals surface area contributed by atoms with Crippen molar-refractivity contribution in [3.8, 4) is 0 Å². The number of hydrogen-bond acceptors (Lipinski definition) is 3. The van der Waals surface area contributed by atoms with Gasteiger partial charge >= 0.3 is 5.97 Å². The predicted octanol–water partition coefficient (Wildman–Crippen LogP) is 2.73. The van der Waals surface area contributed by atoms with Crippen LogP contribution in [0, 0.1) is 0 Å². The number of nitrogens with zero attached hydrogens (tertiary/aromatic N) is 2. The van der Waals surface area contributed by atoms with E-state index in [4.69, 9.17) is 0 Å². The first-order chi connectivity index (χ1) is 9.62. The van der Waals surface area contributed by atoms with Crippen LogP contribution in [0.5, 0.6) is 0 Å². The van der Waals surface area contributed by atoms with Crippen LogP contribution in [0.4, 0.5) is 0 Å². The van der Waals surface area contributed by atoms with E-state index in [1.807, 2.05) is 24.4 Å². The van der Waals surface area contributed by atoms with Crippen molar-refractivity contribution in [3.63, 3.8) is 0 Å². The first-order valence-electron chi connectivity index (χ1n) is 7.45. The van der Waals surface area contributed by atoms with Gasteiger partial charge in [0.15, 0.2) is 0 Å². The first kappa shape index (κ1) is 15.0. The van der Waals surface area contributed by atoms with Gasteiger partial charge in [-0.05, 0) is 32.0 Å². The van der Waals surface area contributed by atoms with Gasteiger partial charge in [0.2, 0.25) is 0 Å². The lowest BCUT2D eigenvalue weighted by Crippen LogP contribution is -2.50. The van der Waals surface area contributed by atoms with Crippen LogP contribution < -0.4 is 0 Å². The molecule has 1 saturated carbocycles. The molecule has 0 atom stereocenters. The average Bonchev–Trinajstić information content (AvgIpc) is 2.46. The third-order valence-corrected chi connectivity index (χ3v) is 4.50. The maximum absolute atomic E-state index is 11.2. The van der Waals surface area contributed by atoms with E-state index in [1.165, 1.54) is 6.42 Å². The fourth-order valence-electron chi connectivity index (χ4n) is 3.25. The van der Waals surface area contributed by atoms with Crippen LogP contribution in [0.15, 0.2) is 24.4 Å². The predicted molar refractivity (Wildman–Crippen MR) is 78.6 cm³/mol. The summed E-state index contributed by atoms with van der Waals surface area (Å²) in [6, 6.07) is 5.94. The number of pyridine rings is 1. The fourth-order valence-corrected chi connectivity index (χ4v) is 3.25. The number of aromatic nitrogens is 1. The van der Waals surface area contributed by atoms with Crippen molar-refractivity contribution >= 4 is 5.97 Å². The number of carboxylic acids is 1. The monoisotopic (exact) mass is 276 g/mol. The Morgan fingerprint density at radius 2 is 2.10 bits per heavy atom. The Kier molecular flexibility index (Phi) is 5.12. The number of aliphatic carboxylic acids is 1. The third kappa shape index (κ3) is 3.79. The van der Waals surface area contributed by atoms with E-state index in [-0.39, 0.29) is 12.0 Å². The molecular formula is C16H24N2O2. The minimum absolute atomic E-state index is 0.154. The number of likely N-dealkylation sites (N-methyl/N-ethyl adjacent to an activating group) is 1. The number of carbonyl (C=O) groups is 1. The Morgan fingerprint density at radius 1 is 1.35 bits per heavy atom.